The lowest BCUT2D eigenvalue weighted by atomic mass is 10.1. The van der Waals surface area contributed by atoms with Crippen LogP contribution in [0.4, 0.5) is 11.9 Å². The molecule has 0 amide bonds. The zero-order chi connectivity index (χ0) is 23.5. The second kappa shape index (κ2) is 9.91. The Morgan fingerprint density at radius 2 is 1.91 bits per heavy atom. The number of nitriles is 1. The highest BCUT2D eigenvalue weighted by Gasteiger charge is 2.29. The predicted molar refractivity (Wildman–Crippen MR) is 131 cm³/mol. The van der Waals surface area contributed by atoms with Crippen LogP contribution in [0.2, 0.25) is 0 Å². The summed E-state index contributed by atoms with van der Waals surface area (Å²) in [6.07, 6.45) is 4.35. The van der Waals surface area contributed by atoms with Crippen molar-refractivity contribution in [3.63, 3.8) is 0 Å². The van der Waals surface area contributed by atoms with Crippen LogP contribution < -0.4 is 10.2 Å². The van der Waals surface area contributed by atoms with E-state index in [1.807, 2.05) is 24.3 Å². The number of carbonyl (C=O) groups is 1. The second-order valence-electron chi connectivity index (χ2n) is 8.74. The Hall–Kier alpha value is -3.29. The summed E-state index contributed by atoms with van der Waals surface area (Å²) in [5.41, 5.74) is 1.53. The number of rotatable bonds is 7. The Bertz CT molecular complexity index is 1170. The van der Waals surface area contributed by atoms with Crippen LogP contribution in [0, 0.1) is 17.2 Å². The average Bonchev–Trinajstić information content (AvgIpc) is 3.60. The number of likely N-dealkylation sites (N-methyl/N-ethyl adjacent to an activating group) is 1. The maximum Gasteiger partial charge on any atom is 0.234 e. The third-order valence-corrected chi connectivity index (χ3v) is 6.96. The van der Waals surface area contributed by atoms with Gasteiger partial charge in [-0.2, -0.15) is 20.2 Å². The van der Waals surface area contributed by atoms with E-state index in [1.54, 1.807) is 6.08 Å². The van der Waals surface area contributed by atoms with Crippen molar-refractivity contribution in [2.24, 2.45) is 10.9 Å². The highest BCUT2D eigenvalue weighted by Crippen LogP contribution is 2.32. The normalized spacial score (nSPS) is 18.3. The molecule has 0 radical (unpaired) electrons. The van der Waals surface area contributed by atoms with Gasteiger partial charge >= 0.3 is 0 Å². The van der Waals surface area contributed by atoms with Crippen molar-refractivity contribution in [1.29, 1.82) is 5.26 Å². The van der Waals surface area contributed by atoms with Crippen molar-refractivity contribution < 1.29 is 4.79 Å². The smallest absolute Gasteiger partial charge is 0.234 e. The van der Waals surface area contributed by atoms with Crippen LogP contribution in [-0.2, 0) is 11.2 Å². The lowest BCUT2D eigenvalue weighted by Gasteiger charge is -2.32. The highest BCUT2D eigenvalue weighted by atomic mass is 32.2. The summed E-state index contributed by atoms with van der Waals surface area (Å²) in [5.74, 6) is 2.09. The molecule has 2 aromatic rings. The first-order chi connectivity index (χ1) is 16.6. The van der Waals surface area contributed by atoms with Crippen LogP contribution in [0.3, 0.4) is 0 Å². The van der Waals surface area contributed by atoms with E-state index >= 15 is 0 Å². The molecule has 0 atom stereocenters. The minimum absolute atomic E-state index is 0.277. The lowest BCUT2D eigenvalue weighted by Crippen LogP contribution is -2.45. The van der Waals surface area contributed by atoms with Crippen LogP contribution in [0.25, 0.3) is 0 Å². The van der Waals surface area contributed by atoms with E-state index in [2.05, 4.69) is 43.2 Å². The van der Waals surface area contributed by atoms with Gasteiger partial charge in [0.1, 0.15) is 17.7 Å². The van der Waals surface area contributed by atoms with E-state index in [-0.39, 0.29) is 5.92 Å². The molecule has 1 aliphatic carbocycles. The second-order valence-corrected chi connectivity index (χ2v) is 9.78. The van der Waals surface area contributed by atoms with Crippen LogP contribution in [0.1, 0.15) is 18.4 Å². The first kappa shape index (κ1) is 22.5. The molecule has 1 saturated carbocycles. The molecule has 34 heavy (non-hydrogen) atoms. The fraction of sp³-hybridized carbons (Fsp3) is 0.417. The highest BCUT2D eigenvalue weighted by molar-refractivity contribution is 7.99. The molecule has 2 fully saturated rings. The number of nitrogens with one attached hydrogen (secondary N) is 1. The van der Waals surface area contributed by atoms with E-state index < -0.39 is 0 Å². The number of hydrogen-bond donors (Lipinski definition) is 1. The molecule has 3 heterocycles. The van der Waals surface area contributed by atoms with E-state index in [4.69, 9.17) is 4.98 Å². The van der Waals surface area contributed by atoms with E-state index in [1.165, 1.54) is 11.8 Å². The number of Topliss-reactive ketones (excluding diaryl/α,β-unsaturated/α-hetero) is 1. The number of piperazine rings is 1. The molecule has 2 aliphatic heterocycles. The molecule has 1 aromatic heterocycles. The van der Waals surface area contributed by atoms with Gasteiger partial charge in [0.25, 0.3) is 0 Å². The number of nitrogens with zero attached hydrogens (tertiary/aromatic N) is 7. The van der Waals surface area contributed by atoms with Crippen molar-refractivity contribution in [2.75, 3.05) is 50.0 Å². The molecule has 5 rings (SSSR count). The Kier molecular flexibility index (Phi) is 6.56. The quantitative estimate of drug-likeness (QED) is 0.647. The van der Waals surface area contributed by atoms with Gasteiger partial charge in [-0.05, 0) is 55.4 Å². The SMILES string of the molecule is CN1CCN(c2nc(NC3=NCC=C3C#N)nc(Sc3ccc(CC(=O)C4CC4)cc3)n2)CC1. The molecule has 174 valence electrons. The monoisotopic (exact) mass is 474 g/mol. The Morgan fingerprint density at radius 3 is 2.62 bits per heavy atom. The first-order valence-corrected chi connectivity index (χ1v) is 12.3. The predicted octanol–water partition coefficient (Wildman–Crippen LogP) is 2.57. The summed E-state index contributed by atoms with van der Waals surface area (Å²) in [5, 5.41) is 13.0. The number of benzene rings is 1. The maximum atomic E-state index is 12.1. The Morgan fingerprint density at radius 1 is 1.15 bits per heavy atom. The summed E-state index contributed by atoms with van der Waals surface area (Å²) in [7, 11) is 2.11. The summed E-state index contributed by atoms with van der Waals surface area (Å²) in [4.78, 5) is 35.8. The van der Waals surface area contributed by atoms with Crippen molar-refractivity contribution in [1.82, 2.24) is 19.9 Å². The van der Waals surface area contributed by atoms with Gasteiger partial charge in [0.15, 0.2) is 5.16 Å². The van der Waals surface area contributed by atoms with E-state index in [0.29, 0.717) is 47.2 Å². The van der Waals surface area contributed by atoms with Crippen molar-refractivity contribution >= 4 is 35.3 Å². The van der Waals surface area contributed by atoms with E-state index in [9.17, 15) is 10.1 Å². The molecule has 9 nitrogen and oxygen atoms in total. The zero-order valence-electron chi connectivity index (χ0n) is 19.1. The lowest BCUT2D eigenvalue weighted by molar-refractivity contribution is -0.119. The molecule has 1 aromatic carbocycles. The average molecular weight is 475 g/mol. The molecule has 1 saturated heterocycles. The van der Waals surface area contributed by atoms with Gasteiger partial charge in [-0.1, -0.05) is 12.1 Å². The molecule has 1 N–H and O–H groups in total. The van der Waals surface area contributed by atoms with Crippen LogP contribution in [0.15, 0.2) is 51.0 Å². The van der Waals surface area contributed by atoms with Gasteiger partial charge in [-0.25, -0.2) is 0 Å². The largest absolute Gasteiger partial charge is 0.338 e. The number of ketones is 1. The van der Waals surface area contributed by atoms with Gasteiger partial charge in [-0.3, -0.25) is 9.79 Å². The summed E-state index contributed by atoms with van der Waals surface area (Å²) in [6, 6.07) is 10.2. The van der Waals surface area contributed by atoms with Gasteiger partial charge in [-0.15, -0.1) is 0 Å². The molecule has 3 aliphatic rings. The van der Waals surface area contributed by atoms with Gasteiger partial charge < -0.3 is 15.1 Å². The number of anilines is 2. The molecule has 10 heteroatoms. The van der Waals surface area contributed by atoms with Gasteiger partial charge in [0.2, 0.25) is 11.9 Å². The zero-order valence-corrected chi connectivity index (χ0v) is 19.9. The first-order valence-electron chi connectivity index (χ1n) is 11.5. The van der Waals surface area contributed by atoms with Gasteiger partial charge in [0.05, 0.1) is 12.1 Å². The topological polar surface area (TPSA) is 110 Å². The minimum Gasteiger partial charge on any atom is -0.338 e. The standard InChI is InChI=1S/C24H26N8OS/c1-31-10-12-32(13-11-31)23-28-22(27-21-18(15-25)8-9-26-21)29-24(30-23)34-19-6-2-16(3-7-19)14-20(33)17-4-5-17/h2-3,6-8,17H,4-5,9-14H2,1H3,(H,26,27,28,29,30). The fourth-order valence-corrected chi connectivity index (χ4v) is 4.59. The van der Waals surface area contributed by atoms with Crippen molar-refractivity contribution in [3.8, 4) is 6.07 Å². The summed E-state index contributed by atoms with van der Waals surface area (Å²) >= 11 is 1.45. The molecular formula is C24H26N8OS. The summed E-state index contributed by atoms with van der Waals surface area (Å²) in [6.45, 7) is 4.01. The van der Waals surface area contributed by atoms with E-state index in [0.717, 1.165) is 49.5 Å². The molecule has 0 unspecified atom stereocenters. The number of amidine groups is 1. The van der Waals surface area contributed by atoms with Gasteiger partial charge in [0, 0.05) is 43.4 Å². The molecule has 0 bridgehead atoms. The van der Waals surface area contributed by atoms with Crippen LogP contribution in [-0.4, -0.2) is 71.2 Å². The summed E-state index contributed by atoms with van der Waals surface area (Å²) < 4.78 is 0. The number of hydrogen-bond acceptors (Lipinski definition) is 10. The number of carbonyl (C=O) groups excluding carboxylic acids is 1. The Balaban J connectivity index is 1.35. The Labute approximate surface area is 203 Å². The number of aromatic nitrogens is 3. The minimum atomic E-state index is 0.277. The third-order valence-electron chi connectivity index (χ3n) is 6.08. The maximum absolute atomic E-state index is 12.1. The number of aliphatic imine (C=N–C) groups is 1. The third kappa shape index (κ3) is 5.43. The molecule has 0 spiro atoms. The van der Waals surface area contributed by atoms with Crippen LogP contribution in [0.5, 0.6) is 0 Å². The molecular weight excluding hydrogens is 448 g/mol. The van der Waals surface area contributed by atoms with Crippen molar-refractivity contribution in [2.45, 2.75) is 29.3 Å². The van der Waals surface area contributed by atoms with Crippen LogP contribution >= 0.6 is 11.8 Å². The van der Waals surface area contributed by atoms with Crippen molar-refractivity contribution in [3.05, 3.63) is 41.5 Å². The fourth-order valence-electron chi connectivity index (χ4n) is 3.85.